The number of hydrogen-bond acceptors (Lipinski definition) is 5. The predicted octanol–water partition coefficient (Wildman–Crippen LogP) is 2.79. The molecule has 0 saturated carbocycles. The van der Waals surface area contributed by atoms with E-state index in [9.17, 15) is 26.8 Å². The van der Waals surface area contributed by atoms with Crippen LogP contribution in [0.25, 0.3) is 16.9 Å². The number of allylic oxidation sites excluding steroid dienone is 2. The number of aromatic nitrogens is 2. The molecule has 0 spiro atoms. The van der Waals surface area contributed by atoms with Crippen molar-refractivity contribution in [2.75, 3.05) is 0 Å². The molecule has 10 heteroatoms. The van der Waals surface area contributed by atoms with Crippen molar-refractivity contribution >= 4 is 21.6 Å². The number of nitrogens with zero attached hydrogens (tertiary/aromatic N) is 2. The highest BCUT2D eigenvalue weighted by Crippen LogP contribution is 2.24. The van der Waals surface area contributed by atoms with Crippen LogP contribution in [0, 0.1) is 11.6 Å². The topological polar surface area (TPSA) is 112 Å². The van der Waals surface area contributed by atoms with Crippen LogP contribution in [-0.2, 0) is 14.8 Å². The summed E-state index contributed by atoms with van der Waals surface area (Å²) in [5, 5.41) is 9.36. The molecule has 7 nitrogen and oxygen atoms in total. The van der Waals surface area contributed by atoms with Gasteiger partial charge in [-0.2, -0.15) is 5.10 Å². The SMILES string of the molecule is CC(=O)C=CC(=O)c1cc(-c2ccc(F)c(F)c2)nn1-c1ccc(S(N)(=O)=O)cc1. The Morgan fingerprint density at radius 1 is 1.00 bits per heavy atom. The number of benzene rings is 2. The summed E-state index contributed by atoms with van der Waals surface area (Å²) >= 11 is 0. The normalized spacial score (nSPS) is 11.7. The number of primary sulfonamides is 1. The number of carbonyl (C=O) groups is 2. The number of sulfonamides is 1. The van der Waals surface area contributed by atoms with E-state index in [0.29, 0.717) is 5.69 Å². The Morgan fingerprint density at radius 3 is 2.23 bits per heavy atom. The molecule has 0 amide bonds. The first-order valence-corrected chi connectivity index (χ1v) is 10.0. The summed E-state index contributed by atoms with van der Waals surface area (Å²) < 4.78 is 51.0. The lowest BCUT2D eigenvalue weighted by Gasteiger charge is -2.06. The number of hydrogen-bond donors (Lipinski definition) is 1. The van der Waals surface area contributed by atoms with Gasteiger partial charge in [0, 0.05) is 5.56 Å². The second kappa shape index (κ2) is 8.09. The lowest BCUT2D eigenvalue weighted by Crippen LogP contribution is -2.12. The second-order valence-corrected chi connectivity index (χ2v) is 7.86. The lowest BCUT2D eigenvalue weighted by atomic mass is 10.1. The van der Waals surface area contributed by atoms with Crippen LogP contribution in [0.5, 0.6) is 0 Å². The fraction of sp³-hybridized carbons (Fsp3) is 0.0500. The number of halogens is 2. The molecule has 30 heavy (non-hydrogen) atoms. The van der Waals surface area contributed by atoms with Crippen molar-refractivity contribution in [2.45, 2.75) is 11.8 Å². The van der Waals surface area contributed by atoms with Gasteiger partial charge in [0.25, 0.3) is 0 Å². The van der Waals surface area contributed by atoms with Crippen LogP contribution in [0.1, 0.15) is 17.4 Å². The molecule has 3 aromatic rings. The van der Waals surface area contributed by atoms with E-state index >= 15 is 0 Å². The van der Waals surface area contributed by atoms with Crippen LogP contribution in [0.4, 0.5) is 8.78 Å². The fourth-order valence-corrected chi connectivity index (χ4v) is 3.12. The zero-order chi connectivity index (χ0) is 22.1. The highest BCUT2D eigenvalue weighted by atomic mass is 32.2. The van der Waals surface area contributed by atoms with Crippen molar-refractivity contribution in [3.63, 3.8) is 0 Å². The van der Waals surface area contributed by atoms with Crippen LogP contribution < -0.4 is 5.14 Å². The fourth-order valence-electron chi connectivity index (χ4n) is 2.61. The summed E-state index contributed by atoms with van der Waals surface area (Å²) in [5.41, 5.74) is 0.730. The van der Waals surface area contributed by atoms with Gasteiger partial charge < -0.3 is 0 Å². The van der Waals surface area contributed by atoms with Crippen LogP contribution >= 0.6 is 0 Å². The zero-order valence-corrected chi connectivity index (χ0v) is 16.4. The molecule has 0 aliphatic carbocycles. The maximum absolute atomic E-state index is 13.6. The molecule has 2 N–H and O–H groups in total. The summed E-state index contributed by atoms with van der Waals surface area (Å²) in [6, 6.07) is 9.77. The minimum atomic E-state index is -3.92. The molecule has 3 rings (SSSR count). The van der Waals surface area contributed by atoms with Gasteiger partial charge in [-0.05, 0) is 67.6 Å². The Balaban J connectivity index is 2.14. The Labute approximate surface area is 170 Å². The third kappa shape index (κ3) is 4.56. The van der Waals surface area contributed by atoms with Crippen LogP contribution in [0.2, 0.25) is 0 Å². The molecule has 154 valence electrons. The van der Waals surface area contributed by atoms with E-state index in [2.05, 4.69) is 5.10 Å². The monoisotopic (exact) mass is 431 g/mol. The van der Waals surface area contributed by atoms with Gasteiger partial charge in [0.15, 0.2) is 17.4 Å². The van der Waals surface area contributed by atoms with E-state index in [0.717, 1.165) is 24.3 Å². The Kier molecular flexibility index (Phi) is 5.72. The Bertz CT molecular complexity index is 1280. The van der Waals surface area contributed by atoms with Crippen molar-refractivity contribution in [3.05, 3.63) is 78.0 Å². The minimum Gasteiger partial charge on any atom is -0.295 e. The van der Waals surface area contributed by atoms with Crippen LogP contribution in [-0.4, -0.2) is 29.8 Å². The van der Waals surface area contributed by atoms with E-state index in [-0.39, 0.29) is 27.6 Å². The van der Waals surface area contributed by atoms with Crippen LogP contribution in [0.3, 0.4) is 0 Å². The summed E-state index contributed by atoms with van der Waals surface area (Å²) in [4.78, 5) is 23.6. The highest BCUT2D eigenvalue weighted by molar-refractivity contribution is 7.89. The number of carbonyl (C=O) groups excluding carboxylic acids is 2. The van der Waals surface area contributed by atoms with Crippen molar-refractivity contribution < 1.29 is 26.8 Å². The van der Waals surface area contributed by atoms with Gasteiger partial charge in [-0.1, -0.05) is 0 Å². The Morgan fingerprint density at radius 2 is 1.67 bits per heavy atom. The molecular formula is C20H15F2N3O4S. The smallest absolute Gasteiger partial charge is 0.238 e. The molecule has 0 saturated heterocycles. The van der Waals surface area contributed by atoms with Gasteiger partial charge in [0.2, 0.25) is 15.8 Å². The predicted molar refractivity (Wildman–Crippen MR) is 104 cm³/mol. The van der Waals surface area contributed by atoms with Gasteiger partial charge in [-0.25, -0.2) is 27.0 Å². The summed E-state index contributed by atoms with van der Waals surface area (Å²) in [6.07, 6.45) is 2.14. The van der Waals surface area contributed by atoms with Crippen LogP contribution in [0.15, 0.2) is 65.6 Å². The summed E-state index contributed by atoms with van der Waals surface area (Å²) in [5.74, 6) is -3.02. The zero-order valence-electron chi connectivity index (χ0n) is 15.5. The molecule has 0 atom stereocenters. The largest absolute Gasteiger partial charge is 0.295 e. The molecule has 0 aliphatic rings. The molecule has 1 heterocycles. The highest BCUT2D eigenvalue weighted by Gasteiger charge is 2.18. The molecule has 0 unspecified atom stereocenters. The lowest BCUT2D eigenvalue weighted by molar-refractivity contribution is -0.112. The molecule has 0 aliphatic heterocycles. The first-order chi connectivity index (χ1) is 14.1. The molecule has 0 fully saturated rings. The van der Waals surface area contributed by atoms with Crippen molar-refractivity contribution in [2.24, 2.45) is 5.14 Å². The molecule has 0 bridgehead atoms. The first-order valence-electron chi connectivity index (χ1n) is 8.48. The standard InChI is InChI=1S/C20H15F2N3O4S/c1-12(26)2-9-20(27)19-11-18(13-3-8-16(21)17(22)10-13)24-25(19)14-4-6-15(7-5-14)30(23,28)29/h2-11H,1H3,(H2,23,28,29). The third-order valence-electron chi connectivity index (χ3n) is 4.06. The van der Waals surface area contributed by atoms with Crippen molar-refractivity contribution in [1.82, 2.24) is 9.78 Å². The molecule has 2 aromatic carbocycles. The molecule has 1 aromatic heterocycles. The summed E-state index contributed by atoms with van der Waals surface area (Å²) in [6.45, 7) is 1.28. The quantitative estimate of drug-likeness (QED) is 0.476. The van der Waals surface area contributed by atoms with Gasteiger partial charge >= 0.3 is 0 Å². The first kappa shape index (κ1) is 21.2. The molecule has 0 radical (unpaired) electrons. The maximum Gasteiger partial charge on any atom is 0.238 e. The average molecular weight is 431 g/mol. The number of rotatable bonds is 6. The summed E-state index contributed by atoms with van der Waals surface area (Å²) in [7, 11) is -3.92. The third-order valence-corrected chi connectivity index (χ3v) is 4.99. The van der Waals surface area contributed by atoms with Gasteiger partial charge in [0.1, 0.15) is 5.69 Å². The maximum atomic E-state index is 13.6. The number of nitrogens with two attached hydrogens (primary N) is 1. The van der Waals surface area contributed by atoms with Gasteiger partial charge in [-0.3, -0.25) is 9.59 Å². The van der Waals surface area contributed by atoms with E-state index in [1.807, 2.05) is 0 Å². The molecular weight excluding hydrogens is 416 g/mol. The number of ketones is 2. The van der Waals surface area contributed by atoms with Gasteiger partial charge in [-0.15, -0.1) is 0 Å². The van der Waals surface area contributed by atoms with Crippen molar-refractivity contribution in [3.8, 4) is 16.9 Å². The van der Waals surface area contributed by atoms with E-state index in [4.69, 9.17) is 5.14 Å². The minimum absolute atomic E-state index is 0.0237. The average Bonchev–Trinajstić information content (AvgIpc) is 3.13. The van der Waals surface area contributed by atoms with E-state index in [1.165, 1.54) is 48.0 Å². The Hall–Kier alpha value is -3.50. The van der Waals surface area contributed by atoms with E-state index < -0.39 is 27.4 Å². The van der Waals surface area contributed by atoms with E-state index in [1.54, 1.807) is 0 Å². The second-order valence-electron chi connectivity index (χ2n) is 6.30. The van der Waals surface area contributed by atoms with Crippen molar-refractivity contribution in [1.29, 1.82) is 0 Å². The van der Waals surface area contributed by atoms with Gasteiger partial charge in [0.05, 0.1) is 16.3 Å².